The number of carbonyl (C=O) groups excluding carboxylic acids is 1. The summed E-state index contributed by atoms with van der Waals surface area (Å²) in [7, 11) is 1.98. The molecule has 0 spiro atoms. The maximum atomic E-state index is 12.5. The summed E-state index contributed by atoms with van der Waals surface area (Å²) >= 11 is 0. The molecule has 1 aliphatic rings. The molecule has 5 heteroatoms. The van der Waals surface area contributed by atoms with E-state index in [1.165, 1.54) is 0 Å². The summed E-state index contributed by atoms with van der Waals surface area (Å²) in [5, 5.41) is 3.22. The van der Waals surface area contributed by atoms with E-state index in [4.69, 9.17) is 0 Å². The van der Waals surface area contributed by atoms with Crippen molar-refractivity contribution in [2.45, 2.75) is 12.8 Å². The van der Waals surface area contributed by atoms with Crippen LogP contribution >= 0.6 is 0 Å². The molecule has 0 bridgehead atoms. The van der Waals surface area contributed by atoms with E-state index in [-0.39, 0.29) is 5.91 Å². The zero-order valence-electron chi connectivity index (χ0n) is 11.7. The highest BCUT2D eigenvalue weighted by molar-refractivity contribution is 5.94. The van der Waals surface area contributed by atoms with Crippen LogP contribution < -0.4 is 5.32 Å². The van der Waals surface area contributed by atoms with Crippen molar-refractivity contribution in [2.75, 3.05) is 26.7 Å². The van der Waals surface area contributed by atoms with Gasteiger partial charge in [-0.3, -0.25) is 4.79 Å². The van der Waals surface area contributed by atoms with Crippen molar-refractivity contribution in [3.63, 3.8) is 0 Å². The number of imidazole rings is 1. The van der Waals surface area contributed by atoms with Crippen LogP contribution in [0.15, 0.2) is 30.7 Å². The van der Waals surface area contributed by atoms with Crippen LogP contribution in [0.4, 0.5) is 0 Å². The molecule has 2 aromatic heterocycles. The van der Waals surface area contributed by atoms with Gasteiger partial charge in [-0.05, 0) is 44.5 Å². The van der Waals surface area contributed by atoms with Gasteiger partial charge < -0.3 is 14.6 Å². The van der Waals surface area contributed by atoms with Crippen LogP contribution in [0.2, 0.25) is 0 Å². The number of amides is 1. The number of hydrogen-bond acceptors (Lipinski definition) is 3. The number of carbonyl (C=O) groups is 1. The molecular weight excluding hydrogens is 252 g/mol. The summed E-state index contributed by atoms with van der Waals surface area (Å²) in [5.74, 6) is 0.823. The van der Waals surface area contributed by atoms with Gasteiger partial charge in [-0.2, -0.15) is 0 Å². The molecule has 5 nitrogen and oxygen atoms in total. The molecule has 1 N–H and O–H groups in total. The smallest absolute Gasteiger partial charge is 0.255 e. The van der Waals surface area contributed by atoms with Gasteiger partial charge in [0.25, 0.3) is 5.91 Å². The lowest BCUT2D eigenvalue weighted by Gasteiger charge is -2.32. The highest BCUT2D eigenvalue weighted by atomic mass is 16.2. The number of nitrogens with zero attached hydrogens (tertiary/aromatic N) is 3. The SMILES string of the molecule is CNCC1CCN(C(=O)c2ccc3nccn3c2)CC1. The number of likely N-dealkylation sites (tertiary alicyclic amines) is 1. The monoisotopic (exact) mass is 272 g/mol. The molecule has 0 atom stereocenters. The molecule has 20 heavy (non-hydrogen) atoms. The van der Waals surface area contributed by atoms with E-state index in [1.54, 1.807) is 6.20 Å². The first kappa shape index (κ1) is 13.1. The minimum atomic E-state index is 0.128. The Balaban J connectivity index is 1.69. The highest BCUT2D eigenvalue weighted by Gasteiger charge is 2.23. The Morgan fingerprint density at radius 3 is 2.95 bits per heavy atom. The zero-order chi connectivity index (χ0) is 13.9. The first-order chi connectivity index (χ1) is 9.78. The standard InChI is InChI=1S/C15H20N4O/c1-16-10-12-4-7-18(8-5-12)15(20)13-2-3-14-17-6-9-19(14)11-13/h2-3,6,9,11-12,16H,4-5,7-8,10H2,1H3. The molecule has 0 unspecified atom stereocenters. The number of aromatic nitrogens is 2. The van der Waals surface area contributed by atoms with Crippen LogP contribution in [-0.2, 0) is 0 Å². The molecule has 1 aliphatic heterocycles. The molecule has 1 saturated heterocycles. The van der Waals surface area contributed by atoms with E-state index in [0.29, 0.717) is 5.92 Å². The van der Waals surface area contributed by atoms with Crippen LogP contribution in [0.25, 0.3) is 5.65 Å². The average molecular weight is 272 g/mol. The highest BCUT2D eigenvalue weighted by Crippen LogP contribution is 2.18. The van der Waals surface area contributed by atoms with Crippen molar-refractivity contribution in [1.29, 1.82) is 0 Å². The average Bonchev–Trinajstić information content (AvgIpc) is 2.95. The van der Waals surface area contributed by atoms with Crippen LogP contribution in [0.3, 0.4) is 0 Å². The van der Waals surface area contributed by atoms with Crippen molar-refractivity contribution < 1.29 is 4.79 Å². The molecule has 1 fully saturated rings. The van der Waals surface area contributed by atoms with Gasteiger partial charge in [-0.25, -0.2) is 4.98 Å². The Bertz CT molecular complexity index is 599. The van der Waals surface area contributed by atoms with Crippen molar-refractivity contribution in [3.8, 4) is 0 Å². The molecule has 3 rings (SSSR count). The summed E-state index contributed by atoms with van der Waals surface area (Å²) in [6, 6.07) is 3.76. The Morgan fingerprint density at radius 1 is 1.40 bits per heavy atom. The van der Waals surface area contributed by atoms with Crippen molar-refractivity contribution in [2.24, 2.45) is 5.92 Å². The van der Waals surface area contributed by atoms with Gasteiger partial charge in [0.05, 0.1) is 5.56 Å². The normalized spacial score (nSPS) is 16.8. The van der Waals surface area contributed by atoms with Gasteiger partial charge in [-0.15, -0.1) is 0 Å². The maximum absolute atomic E-state index is 12.5. The number of hydrogen-bond donors (Lipinski definition) is 1. The van der Waals surface area contributed by atoms with Crippen LogP contribution in [-0.4, -0.2) is 46.9 Å². The van der Waals surface area contributed by atoms with Gasteiger partial charge >= 0.3 is 0 Å². The molecular formula is C15H20N4O. The molecule has 2 aromatic rings. The fourth-order valence-corrected chi connectivity index (χ4v) is 2.86. The van der Waals surface area contributed by atoms with E-state index in [1.807, 2.05) is 40.9 Å². The molecule has 1 amide bonds. The second-order valence-corrected chi connectivity index (χ2v) is 5.40. The first-order valence-electron chi connectivity index (χ1n) is 7.14. The summed E-state index contributed by atoms with van der Waals surface area (Å²) in [5.41, 5.74) is 1.61. The minimum Gasteiger partial charge on any atom is -0.339 e. The summed E-state index contributed by atoms with van der Waals surface area (Å²) in [6.45, 7) is 2.75. The Kier molecular flexibility index (Phi) is 3.69. The molecule has 0 aromatic carbocycles. The predicted molar refractivity (Wildman–Crippen MR) is 77.7 cm³/mol. The van der Waals surface area contributed by atoms with Crippen LogP contribution in [0.5, 0.6) is 0 Å². The summed E-state index contributed by atoms with van der Waals surface area (Å²) in [4.78, 5) is 18.7. The van der Waals surface area contributed by atoms with E-state index in [2.05, 4.69) is 10.3 Å². The van der Waals surface area contributed by atoms with Gasteiger partial charge in [0.1, 0.15) is 5.65 Å². The van der Waals surface area contributed by atoms with E-state index < -0.39 is 0 Å². The fourth-order valence-electron chi connectivity index (χ4n) is 2.86. The number of rotatable bonds is 3. The molecule has 0 aliphatic carbocycles. The topological polar surface area (TPSA) is 49.6 Å². The summed E-state index contributed by atoms with van der Waals surface area (Å²) in [6.07, 6.45) is 7.64. The molecule has 0 radical (unpaired) electrons. The largest absolute Gasteiger partial charge is 0.339 e. The van der Waals surface area contributed by atoms with Gasteiger partial charge in [0.15, 0.2) is 0 Å². The van der Waals surface area contributed by atoms with Crippen molar-refractivity contribution in [1.82, 2.24) is 19.6 Å². The van der Waals surface area contributed by atoms with Crippen molar-refractivity contribution >= 4 is 11.6 Å². The Morgan fingerprint density at radius 2 is 2.20 bits per heavy atom. The van der Waals surface area contributed by atoms with E-state index in [0.717, 1.165) is 43.7 Å². The number of pyridine rings is 1. The third-order valence-electron chi connectivity index (χ3n) is 4.03. The Hall–Kier alpha value is -1.88. The van der Waals surface area contributed by atoms with E-state index in [9.17, 15) is 4.79 Å². The molecule has 3 heterocycles. The molecule has 0 saturated carbocycles. The lowest BCUT2D eigenvalue weighted by atomic mass is 9.96. The van der Waals surface area contributed by atoms with Gasteiger partial charge in [0, 0.05) is 31.7 Å². The third-order valence-corrected chi connectivity index (χ3v) is 4.03. The number of fused-ring (bicyclic) bond motifs is 1. The minimum absolute atomic E-state index is 0.128. The predicted octanol–water partition coefficient (Wildman–Crippen LogP) is 1.41. The molecule has 106 valence electrons. The van der Waals surface area contributed by atoms with Gasteiger partial charge in [-0.1, -0.05) is 0 Å². The number of piperidine rings is 1. The van der Waals surface area contributed by atoms with Crippen LogP contribution in [0.1, 0.15) is 23.2 Å². The van der Waals surface area contributed by atoms with Crippen LogP contribution in [0, 0.1) is 5.92 Å². The third kappa shape index (κ3) is 2.54. The zero-order valence-corrected chi connectivity index (χ0v) is 11.7. The van der Waals surface area contributed by atoms with Gasteiger partial charge in [0.2, 0.25) is 0 Å². The lowest BCUT2D eigenvalue weighted by molar-refractivity contribution is 0.0690. The quantitative estimate of drug-likeness (QED) is 0.919. The second kappa shape index (κ2) is 5.63. The summed E-state index contributed by atoms with van der Waals surface area (Å²) < 4.78 is 1.89. The maximum Gasteiger partial charge on any atom is 0.255 e. The number of nitrogens with one attached hydrogen (secondary N) is 1. The lowest BCUT2D eigenvalue weighted by Crippen LogP contribution is -2.40. The van der Waals surface area contributed by atoms with E-state index >= 15 is 0 Å². The van der Waals surface area contributed by atoms with Crippen molar-refractivity contribution in [3.05, 3.63) is 36.3 Å². The second-order valence-electron chi connectivity index (χ2n) is 5.40. The fraction of sp³-hybridized carbons (Fsp3) is 0.467. The first-order valence-corrected chi connectivity index (χ1v) is 7.14. The Labute approximate surface area is 118 Å².